The molecule has 1 unspecified atom stereocenters. The van der Waals surface area contributed by atoms with Crippen molar-refractivity contribution in [3.8, 4) is 11.5 Å². The van der Waals surface area contributed by atoms with Gasteiger partial charge in [-0.15, -0.1) is 0 Å². The molecule has 0 bridgehead atoms. The lowest BCUT2D eigenvalue weighted by molar-refractivity contribution is -0.130. The number of benzene rings is 2. The molecule has 3 aromatic rings. The topological polar surface area (TPSA) is 100 Å². The summed E-state index contributed by atoms with van der Waals surface area (Å²) in [4.78, 5) is 27.6. The zero-order valence-electron chi connectivity index (χ0n) is 18.4. The van der Waals surface area contributed by atoms with Crippen molar-refractivity contribution in [2.75, 3.05) is 6.61 Å². The average molecular weight is 447 g/mol. The van der Waals surface area contributed by atoms with Crippen molar-refractivity contribution >= 4 is 11.7 Å². The maximum Gasteiger partial charge on any atom is 0.290 e. The molecule has 1 amide bonds. The fourth-order valence-corrected chi connectivity index (χ4v) is 3.74. The summed E-state index contributed by atoms with van der Waals surface area (Å²) in [6.07, 6.45) is 1.36. The number of amides is 1. The predicted octanol–water partition coefficient (Wildman–Crippen LogP) is 4.80. The number of hydrogen-bond donors (Lipinski definition) is 2. The molecule has 1 aliphatic rings. The third kappa shape index (κ3) is 4.62. The van der Waals surface area contributed by atoms with Gasteiger partial charge in [0, 0.05) is 6.54 Å². The number of hydrogen-bond acceptors (Lipinski definition) is 6. The van der Waals surface area contributed by atoms with E-state index in [0.29, 0.717) is 18.1 Å². The van der Waals surface area contributed by atoms with Crippen molar-refractivity contribution in [1.29, 1.82) is 0 Å². The summed E-state index contributed by atoms with van der Waals surface area (Å²) in [7, 11) is 0. The molecule has 0 saturated heterocycles. The minimum absolute atomic E-state index is 0.0293. The van der Waals surface area contributed by atoms with Crippen LogP contribution in [0.1, 0.15) is 41.6 Å². The van der Waals surface area contributed by atoms with Crippen molar-refractivity contribution in [1.82, 2.24) is 4.90 Å². The number of phenols is 1. The van der Waals surface area contributed by atoms with Crippen LogP contribution in [0.4, 0.5) is 0 Å². The Labute approximate surface area is 191 Å². The highest BCUT2D eigenvalue weighted by atomic mass is 16.5. The molecule has 170 valence electrons. The molecule has 1 aliphatic heterocycles. The second-order valence-corrected chi connectivity index (χ2v) is 8.34. The molecule has 2 heterocycles. The lowest BCUT2D eigenvalue weighted by atomic mass is 9.95. The SMILES string of the molecule is CC(C)COc1ccc(CN2C(=O)C(O)=C(C(=O)c3ccco3)C2c2ccc(O)cc2)cc1. The predicted molar refractivity (Wildman–Crippen MR) is 121 cm³/mol. The highest BCUT2D eigenvalue weighted by molar-refractivity contribution is 6.15. The van der Waals surface area contributed by atoms with Crippen LogP contribution < -0.4 is 4.74 Å². The summed E-state index contributed by atoms with van der Waals surface area (Å²) in [6, 6.07) is 15.8. The van der Waals surface area contributed by atoms with E-state index in [-0.39, 0.29) is 23.6 Å². The van der Waals surface area contributed by atoms with E-state index in [2.05, 4.69) is 13.8 Å². The summed E-state index contributed by atoms with van der Waals surface area (Å²) >= 11 is 0. The highest BCUT2D eigenvalue weighted by Crippen LogP contribution is 2.40. The number of aliphatic hydroxyl groups is 1. The number of carbonyl (C=O) groups excluding carboxylic acids is 2. The van der Waals surface area contributed by atoms with Crippen molar-refractivity contribution < 1.29 is 29.0 Å². The van der Waals surface area contributed by atoms with E-state index < -0.39 is 23.5 Å². The van der Waals surface area contributed by atoms with Gasteiger partial charge in [0.2, 0.25) is 5.78 Å². The van der Waals surface area contributed by atoms with Crippen LogP contribution in [0.2, 0.25) is 0 Å². The normalized spacial score (nSPS) is 16.0. The number of ether oxygens (including phenoxy) is 1. The van der Waals surface area contributed by atoms with Crippen molar-refractivity contribution in [3.63, 3.8) is 0 Å². The second kappa shape index (κ2) is 9.24. The number of nitrogens with zero attached hydrogens (tertiary/aromatic N) is 1. The number of aliphatic hydroxyl groups excluding tert-OH is 1. The summed E-state index contributed by atoms with van der Waals surface area (Å²) < 4.78 is 10.9. The van der Waals surface area contributed by atoms with Gasteiger partial charge in [-0.2, -0.15) is 0 Å². The number of aromatic hydroxyl groups is 1. The Bertz CT molecular complexity index is 1160. The highest BCUT2D eigenvalue weighted by Gasteiger charge is 2.44. The molecular weight excluding hydrogens is 422 g/mol. The van der Waals surface area contributed by atoms with Crippen molar-refractivity contribution in [3.05, 3.63) is 95.1 Å². The molecular formula is C26H25NO6. The van der Waals surface area contributed by atoms with Gasteiger partial charge in [0.25, 0.3) is 5.91 Å². The minimum Gasteiger partial charge on any atom is -0.508 e. The lowest BCUT2D eigenvalue weighted by Crippen LogP contribution is -2.30. The Balaban J connectivity index is 1.66. The van der Waals surface area contributed by atoms with Crippen LogP contribution in [0.15, 0.2) is 82.7 Å². The Morgan fingerprint density at radius 1 is 1.06 bits per heavy atom. The van der Waals surface area contributed by atoms with Crippen molar-refractivity contribution in [2.24, 2.45) is 5.92 Å². The van der Waals surface area contributed by atoms with Crippen molar-refractivity contribution in [2.45, 2.75) is 26.4 Å². The Morgan fingerprint density at radius 2 is 1.76 bits per heavy atom. The number of Topliss-reactive ketones (excluding diaryl/α,β-unsaturated/α-hetero) is 1. The van der Waals surface area contributed by atoms with Gasteiger partial charge < -0.3 is 24.3 Å². The van der Waals surface area contributed by atoms with Crippen LogP contribution in [-0.2, 0) is 11.3 Å². The molecule has 0 radical (unpaired) electrons. The molecule has 2 N–H and O–H groups in total. The quantitative estimate of drug-likeness (QED) is 0.481. The van der Waals surface area contributed by atoms with Crippen LogP contribution in [-0.4, -0.2) is 33.4 Å². The van der Waals surface area contributed by atoms with Crippen LogP contribution in [0.3, 0.4) is 0 Å². The lowest BCUT2D eigenvalue weighted by Gasteiger charge is -2.27. The molecule has 0 spiro atoms. The maximum atomic E-state index is 13.1. The van der Waals surface area contributed by atoms with Gasteiger partial charge in [0.1, 0.15) is 11.5 Å². The summed E-state index contributed by atoms with van der Waals surface area (Å²) in [5, 5.41) is 20.4. The minimum atomic E-state index is -0.840. The van der Waals surface area contributed by atoms with Gasteiger partial charge in [-0.25, -0.2) is 0 Å². The molecule has 0 fully saturated rings. The molecule has 0 saturated carbocycles. The first-order valence-electron chi connectivity index (χ1n) is 10.7. The number of ketones is 1. The van der Waals surface area contributed by atoms with E-state index in [1.165, 1.54) is 29.4 Å². The molecule has 0 aliphatic carbocycles. The molecule has 1 atom stereocenters. The largest absolute Gasteiger partial charge is 0.508 e. The zero-order valence-corrected chi connectivity index (χ0v) is 18.4. The van der Waals surface area contributed by atoms with Gasteiger partial charge in [-0.3, -0.25) is 9.59 Å². The van der Waals surface area contributed by atoms with Crippen LogP contribution in [0.25, 0.3) is 0 Å². The third-order valence-corrected chi connectivity index (χ3v) is 5.36. The van der Waals surface area contributed by atoms with Gasteiger partial charge in [-0.1, -0.05) is 38.1 Å². The smallest absolute Gasteiger partial charge is 0.290 e. The summed E-state index contributed by atoms with van der Waals surface area (Å²) in [5.41, 5.74) is 1.33. The fraction of sp³-hybridized carbons (Fsp3) is 0.231. The average Bonchev–Trinajstić information content (AvgIpc) is 3.42. The van der Waals surface area contributed by atoms with E-state index in [1.807, 2.05) is 24.3 Å². The van der Waals surface area contributed by atoms with Gasteiger partial charge in [0.15, 0.2) is 11.5 Å². The van der Waals surface area contributed by atoms with E-state index in [1.54, 1.807) is 18.2 Å². The Morgan fingerprint density at radius 3 is 2.36 bits per heavy atom. The monoisotopic (exact) mass is 447 g/mol. The first kappa shape index (κ1) is 22.2. The summed E-state index contributed by atoms with van der Waals surface area (Å²) in [6.45, 7) is 4.90. The number of furan rings is 1. The summed E-state index contributed by atoms with van der Waals surface area (Å²) in [5.74, 6) is -0.610. The third-order valence-electron chi connectivity index (χ3n) is 5.36. The van der Waals surface area contributed by atoms with Gasteiger partial charge >= 0.3 is 0 Å². The molecule has 1 aromatic heterocycles. The van der Waals surface area contributed by atoms with Gasteiger partial charge in [0.05, 0.1) is 24.5 Å². The van der Waals surface area contributed by atoms with Gasteiger partial charge in [-0.05, 0) is 53.4 Å². The Hall–Kier alpha value is -4.00. The van der Waals surface area contributed by atoms with Crippen LogP contribution in [0, 0.1) is 5.92 Å². The number of phenolic OH excluding ortho intramolecular Hbond substituents is 1. The number of carbonyl (C=O) groups is 2. The van der Waals surface area contributed by atoms with E-state index >= 15 is 0 Å². The van der Waals surface area contributed by atoms with E-state index in [4.69, 9.17) is 9.15 Å². The first-order valence-corrected chi connectivity index (χ1v) is 10.7. The maximum absolute atomic E-state index is 13.1. The number of rotatable bonds is 8. The van der Waals surface area contributed by atoms with E-state index in [9.17, 15) is 19.8 Å². The molecule has 33 heavy (non-hydrogen) atoms. The zero-order chi connectivity index (χ0) is 23.5. The molecule has 4 rings (SSSR count). The Kier molecular flexibility index (Phi) is 6.22. The van der Waals surface area contributed by atoms with Crippen LogP contribution in [0.5, 0.6) is 11.5 Å². The molecule has 7 nitrogen and oxygen atoms in total. The standard InChI is InChI=1S/C26H25NO6/c1-16(2)15-33-20-11-5-17(6-12-20)14-27-23(18-7-9-19(28)10-8-18)22(25(30)26(27)31)24(29)21-4-3-13-32-21/h3-13,16,23,28,30H,14-15H2,1-2H3. The molecule has 7 heteroatoms. The second-order valence-electron chi connectivity index (χ2n) is 8.34. The first-order chi connectivity index (χ1) is 15.8. The van der Waals surface area contributed by atoms with E-state index in [0.717, 1.165) is 11.3 Å². The fourth-order valence-electron chi connectivity index (χ4n) is 3.74. The molecule has 2 aromatic carbocycles. The van der Waals surface area contributed by atoms with Crippen LogP contribution >= 0.6 is 0 Å².